The van der Waals surface area contributed by atoms with Gasteiger partial charge in [-0.2, -0.15) is 0 Å². The van der Waals surface area contributed by atoms with Gasteiger partial charge in [-0.25, -0.2) is 5.26 Å². The van der Waals surface area contributed by atoms with Crippen LogP contribution in [-0.4, -0.2) is 32.0 Å². The zero-order valence-corrected chi connectivity index (χ0v) is 18.7. The molecule has 0 spiro atoms. The number of nitriles is 1. The van der Waals surface area contributed by atoms with Crippen molar-refractivity contribution in [3.63, 3.8) is 0 Å². The molecular formula is C26H34BNO3. The van der Waals surface area contributed by atoms with Crippen LogP contribution in [0, 0.1) is 11.2 Å². The minimum Gasteiger partial charge on any atom is -0.466 e. The molecule has 1 unspecified atom stereocenters. The van der Waals surface area contributed by atoms with Crippen LogP contribution in [0.5, 0.6) is 0 Å². The molecule has 0 aliphatic rings. The second-order valence-electron chi connectivity index (χ2n) is 8.05. The van der Waals surface area contributed by atoms with E-state index >= 15 is 0 Å². The molecule has 0 radical (unpaired) electrons. The van der Waals surface area contributed by atoms with Crippen LogP contribution in [0.3, 0.4) is 0 Å². The molecule has 5 heteroatoms. The third-order valence-electron chi connectivity index (χ3n) is 5.28. The van der Waals surface area contributed by atoms with Gasteiger partial charge in [0.1, 0.15) is 0 Å². The summed E-state index contributed by atoms with van der Waals surface area (Å²) in [6.45, 7) is 2.70. The first-order valence-electron chi connectivity index (χ1n) is 11.4. The summed E-state index contributed by atoms with van der Waals surface area (Å²) in [6.07, 6.45) is 6.57. The molecule has 31 heavy (non-hydrogen) atoms. The van der Waals surface area contributed by atoms with Crippen molar-refractivity contribution in [3.8, 4) is 5.97 Å². The summed E-state index contributed by atoms with van der Waals surface area (Å²) in [5.74, 6) is 1.94. The molecule has 0 fully saturated rings. The van der Waals surface area contributed by atoms with Crippen LogP contribution in [0.25, 0.3) is 0 Å². The number of nitrogens with zero attached hydrogens (tertiary/aromatic N) is 1. The van der Waals surface area contributed by atoms with Crippen LogP contribution in [0.2, 0.25) is 12.6 Å². The van der Waals surface area contributed by atoms with Gasteiger partial charge >= 0.3 is 0 Å². The van der Waals surface area contributed by atoms with E-state index < -0.39 is 0 Å². The lowest BCUT2D eigenvalue weighted by Crippen LogP contribution is -2.24. The number of hydrogen-bond donors (Lipinski definition) is 0. The molecule has 0 aliphatic carbocycles. The molecule has 4 nitrogen and oxygen atoms in total. The van der Waals surface area contributed by atoms with E-state index in [2.05, 4.69) is 42.4 Å². The molecule has 0 bridgehead atoms. The van der Waals surface area contributed by atoms with Gasteiger partial charge in [0.2, 0.25) is 0 Å². The van der Waals surface area contributed by atoms with Crippen molar-refractivity contribution in [2.24, 2.45) is 0 Å². The van der Waals surface area contributed by atoms with Crippen molar-refractivity contribution in [2.75, 3.05) is 13.2 Å². The average molecular weight is 419 g/mol. The number of unbranched alkanes of at least 4 members (excludes halogenated alkanes) is 2. The van der Waals surface area contributed by atoms with Crippen LogP contribution in [0.4, 0.5) is 0 Å². The maximum Gasteiger partial charge on any atom is 0.299 e. The Bertz CT molecular complexity index is 776. The van der Waals surface area contributed by atoms with Gasteiger partial charge in [0, 0.05) is 25.0 Å². The fraction of sp³-hybridized carbons (Fsp3) is 0.462. The van der Waals surface area contributed by atoms with E-state index in [1.165, 1.54) is 11.1 Å². The van der Waals surface area contributed by atoms with Crippen molar-refractivity contribution in [2.45, 2.75) is 64.2 Å². The van der Waals surface area contributed by atoms with Crippen molar-refractivity contribution in [3.05, 3.63) is 71.8 Å². The lowest BCUT2D eigenvalue weighted by Gasteiger charge is -2.14. The van der Waals surface area contributed by atoms with Crippen molar-refractivity contribution >= 4 is 12.7 Å². The van der Waals surface area contributed by atoms with Crippen molar-refractivity contribution < 1.29 is 14.3 Å². The van der Waals surface area contributed by atoms with E-state index in [9.17, 15) is 10.1 Å². The quantitative estimate of drug-likeness (QED) is 0.216. The Morgan fingerprint density at radius 2 is 1.45 bits per heavy atom. The van der Waals surface area contributed by atoms with Gasteiger partial charge in [-0.05, 0) is 62.9 Å². The van der Waals surface area contributed by atoms with E-state index in [-0.39, 0.29) is 25.1 Å². The molecule has 2 rings (SSSR count). The van der Waals surface area contributed by atoms with E-state index in [1.807, 2.05) is 31.2 Å². The fourth-order valence-electron chi connectivity index (χ4n) is 3.53. The lowest BCUT2D eigenvalue weighted by atomic mass is 9.45. The Morgan fingerprint density at radius 1 is 0.903 bits per heavy atom. The first-order chi connectivity index (χ1) is 15.2. The molecule has 0 N–H and O–H groups in total. The first kappa shape index (κ1) is 24.7. The van der Waals surface area contributed by atoms with Crippen LogP contribution in [-0.2, 0) is 27.1 Å². The number of ether oxygens (including phenoxy) is 2. The molecule has 0 aliphatic heterocycles. The highest BCUT2D eigenvalue weighted by atomic mass is 16.5. The van der Waals surface area contributed by atoms with E-state index in [1.54, 1.807) is 0 Å². The van der Waals surface area contributed by atoms with E-state index in [0.717, 1.165) is 38.5 Å². The van der Waals surface area contributed by atoms with Gasteiger partial charge in [-0.15, -0.1) is 0 Å². The smallest absolute Gasteiger partial charge is 0.299 e. The normalized spacial score (nSPS) is 11.5. The predicted molar refractivity (Wildman–Crippen MR) is 126 cm³/mol. The summed E-state index contributed by atoms with van der Waals surface area (Å²) < 4.78 is 11.2. The number of carbonyl (C=O) groups excluding carboxylic acids is 1. The van der Waals surface area contributed by atoms with Gasteiger partial charge in [0.05, 0.1) is 6.61 Å². The minimum atomic E-state index is -0.365. The average Bonchev–Trinajstić information content (AvgIpc) is 2.79. The molecule has 0 saturated carbocycles. The topological polar surface area (TPSA) is 59.3 Å². The highest BCUT2D eigenvalue weighted by Gasteiger charge is 2.22. The van der Waals surface area contributed by atoms with E-state index in [0.29, 0.717) is 19.5 Å². The standard InChI is InChI=1S/C26H34BNO3/c1-23(30-18-10-8-16-24-12-4-2-5-13-24)20-27(22-28)21-26(29)31-19-11-9-17-25-14-6-3-7-15-25/h2-7,12-15,23H,8-11,16-21H2,1H3. The summed E-state index contributed by atoms with van der Waals surface area (Å²) in [6, 6.07) is 20.7. The Labute approximate surface area is 187 Å². The molecule has 1 atom stereocenters. The summed E-state index contributed by atoms with van der Waals surface area (Å²) in [5.41, 5.74) is 2.64. The Balaban J connectivity index is 1.51. The second-order valence-corrected chi connectivity index (χ2v) is 8.05. The lowest BCUT2D eigenvalue weighted by molar-refractivity contribution is -0.141. The fourth-order valence-corrected chi connectivity index (χ4v) is 3.53. The minimum absolute atomic E-state index is 0.0416. The van der Waals surface area contributed by atoms with Crippen LogP contribution in [0.1, 0.15) is 43.7 Å². The summed E-state index contributed by atoms with van der Waals surface area (Å²) >= 11 is 0. The van der Waals surface area contributed by atoms with Gasteiger partial charge in [0.15, 0.2) is 0 Å². The molecule has 0 aromatic heterocycles. The summed E-state index contributed by atoms with van der Waals surface area (Å²) in [7, 11) is 0. The maximum atomic E-state index is 12.0. The zero-order chi connectivity index (χ0) is 22.2. The molecule has 0 amide bonds. The largest absolute Gasteiger partial charge is 0.466 e. The monoisotopic (exact) mass is 419 g/mol. The highest BCUT2D eigenvalue weighted by Crippen LogP contribution is 2.11. The molecular weight excluding hydrogens is 385 g/mol. The van der Waals surface area contributed by atoms with Gasteiger partial charge in [0.25, 0.3) is 12.7 Å². The van der Waals surface area contributed by atoms with Crippen LogP contribution in [0.15, 0.2) is 60.7 Å². The zero-order valence-electron chi connectivity index (χ0n) is 18.7. The van der Waals surface area contributed by atoms with Crippen molar-refractivity contribution in [1.82, 2.24) is 0 Å². The highest BCUT2D eigenvalue weighted by molar-refractivity contribution is 6.69. The third kappa shape index (κ3) is 11.4. The number of hydrogen-bond acceptors (Lipinski definition) is 4. The second kappa shape index (κ2) is 15.3. The number of aryl methyl sites for hydroxylation is 2. The molecule has 2 aromatic carbocycles. The molecule has 0 heterocycles. The molecule has 0 saturated heterocycles. The number of carbonyl (C=O) groups is 1. The van der Waals surface area contributed by atoms with E-state index in [4.69, 9.17) is 9.47 Å². The molecule has 164 valence electrons. The SMILES string of the molecule is CC(CB(C#N)CC(=O)OCCCCc1ccccc1)OCCCCc1ccccc1. The van der Waals surface area contributed by atoms with Crippen LogP contribution < -0.4 is 0 Å². The number of benzene rings is 2. The van der Waals surface area contributed by atoms with Crippen molar-refractivity contribution in [1.29, 1.82) is 5.26 Å². The number of esters is 1. The molecule has 2 aromatic rings. The maximum absolute atomic E-state index is 12.0. The number of rotatable bonds is 15. The summed E-state index contributed by atoms with van der Waals surface area (Å²) in [5, 5.41) is 9.38. The van der Waals surface area contributed by atoms with Gasteiger partial charge in [-0.3, -0.25) is 4.79 Å². The third-order valence-corrected chi connectivity index (χ3v) is 5.28. The summed E-state index contributed by atoms with van der Waals surface area (Å²) in [4.78, 5) is 12.0. The van der Waals surface area contributed by atoms with Gasteiger partial charge in [-0.1, -0.05) is 60.7 Å². The Morgan fingerprint density at radius 3 is 2.00 bits per heavy atom. The Hall–Kier alpha value is -2.58. The first-order valence-corrected chi connectivity index (χ1v) is 11.4. The predicted octanol–water partition coefficient (Wildman–Crippen LogP) is 5.54. The Kier molecular flexibility index (Phi) is 12.2. The van der Waals surface area contributed by atoms with Crippen LogP contribution >= 0.6 is 0 Å². The van der Waals surface area contributed by atoms with Gasteiger partial charge < -0.3 is 9.47 Å².